The number of benzene rings is 1. The minimum absolute atomic E-state index is 0.0522. The van der Waals surface area contributed by atoms with Gasteiger partial charge in [-0.2, -0.15) is 0 Å². The second-order valence-corrected chi connectivity index (χ2v) is 5.43. The van der Waals surface area contributed by atoms with E-state index in [0.29, 0.717) is 13.1 Å². The van der Waals surface area contributed by atoms with E-state index in [9.17, 15) is 9.90 Å². The maximum atomic E-state index is 12.1. The fourth-order valence-corrected chi connectivity index (χ4v) is 2.06. The average Bonchev–Trinajstić information content (AvgIpc) is 2.44. The van der Waals surface area contributed by atoms with Crippen LogP contribution < -0.4 is 10.1 Å². The number of ether oxygens (including phenoxy) is 1. The van der Waals surface area contributed by atoms with E-state index in [1.54, 1.807) is 18.9 Å². The molecule has 0 saturated carbocycles. The van der Waals surface area contributed by atoms with Crippen LogP contribution in [0, 0.1) is 0 Å². The van der Waals surface area contributed by atoms with Crippen LogP contribution in [0.1, 0.15) is 26.3 Å². The maximum Gasteiger partial charge on any atom is 0.317 e. The van der Waals surface area contributed by atoms with Crippen LogP contribution in [0.25, 0.3) is 0 Å². The lowest BCUT2D eigenvalue weighted by Gasteiger charge is -2.28. The van der Waals surface area contributed by atoms with Crippen LogP contribution in [-0.4, -0.2) is 48.4 Å². The number of amides is 2. The van der Waals surface area contributed by atoms with Crippen LogP contribution in [0.15, 0.2) is 24.3 Å². The van der Waals surface area contributed by atoms with Crippen molar-refractivity contribution in [3.8, 4) is 5.75 Å². The Morgan fingerprint density at radius 1 is 1.38 bits per heavy atom. The van der Waals surface area contributed by atoms with Crippen molar-refractivity contribution in [3.63, 3.8) is 0 Å². The first-order chi connectivity index (χ1) is 9.93. The van der Waals surface area contributed by atoms with E-state index in [1.165, 1.54) is 0 Å². The molecule has 0 aliphatic rings. The molecule has 5 nitrogen and oxygen atoms in total. The van der Waals surface area contributed by atoms with Crippen LogP contribution in [-0.2, 0) is 6.42 Å². The molecule has 2 N–H and O–H groups in total. The third-order valence-electron chi connectivity index (χ3n) is 3.17. The Labute approximate surface area is 126 Å². The van der Waals surface area contributed by atoms with Gasteiger partial charge in [-0.1, -0.05) is 12.1 Å². The lowest BCUT2D eigenvalue weighted by atomic mass is 10.1. The molecule has 2 amide bonds. The number of carbonyl (C=O) groups is 1. The van der Waals surface area contributed by atoms with Crippen molar-refractivity contribution in [2.75, 3.05) is 20.2 Å². The van der Waals surface area contributed by atoms with Gasteiger partial charge in [0.15, 0.2) is 0 Å². The summed E-state index contributed by atoms with van der Waals surface area (Å²) in [5, 5.41) is 12.3. The van der Waals surface area contributed by atoms with Crippen molar-refractivity contribution in [1.82, 2.24) is 10.2 Å². The van der Waals surface area contributed by atoms with Crippen molar-refractivity contribution >= 4 is 6.03 Å². The molecule has 0 saturated heterocycles. The Morgan fingerprint density at radius 3 is 2.67 bits per heavy atom. The standard InChI is InChI=1S/C16H26N2O3/c1-12(2)18(11-13(3)19)16(20)17-9-8-14-6-5-7-15(10-14)21-4/h5-7,10,12-13,19H,8-9,11H2,1-4H3,(H,17,20). The zero-order valence-corrected chi connectivity index (χ0v) is 13.3. The molecule has 0 aliphatic heterocycles. The van der Waals surface area contributed by atoms with Crippen LogP contribution in [0.4, 0.5) is 4.79 Å². The average molecular weight is 294 g/mol. The van der Waals surface area contributed by atoms with Gasteiger partial charge in [-0.3, -0.25) is 0 Å². The molecule has 0 heterocycles. The number of nitrogens with zero attached hydrogens (tertiary/aromatic N) is 1. The maximum absolute atomic E-state index is 12.1. The van der Waals surface area contributed by atoms with E-state index in [2.05, 4.69) is 5.32 Å². The normalized spacial score (nSPS) is 12.1. The lowest BCUT2D eigenvalue weighted by molar-refractivity contribution is 0.119. The molecular formula is C16H26N2O3. The third kappa shape index (κ3) is 6.04. The lowest BCUT2D eigenvalue weighted by Crippen LogP contribution is -2.47. The Bertz CT molecular complexity index is 447. The minimum Gasteiger partial charge on any atom is -0.497 e. The molecule has 0 bridgehead atoms. The van der Waals surface area contributed by atoms with Gasteiger partial charge in [-0.25, -0.2) is 4.79 Å². The third-order valence-corrected chi connectivity index (χ3v) is 3.17. The van der Waals surface area contributed by atoms with Crippen molar-refractivity contribution in [2.24, 2.45) is 0 Å². The SMILES string of the molecule is COc1cccc(CCNC(=O)N(CC(C)O)C(C)C)c1. The van der Waals surface area contributed by atoms with E-state index in [0.717, 1.165) is 17.7 Å². The van der Waals surface area contributed by atoms with Crippen molar-refractivity contribution in [3.05, 3.63) is 29.8 Å². The number of rotatable bonds is 7. The summed E-state index contributed by atoms with van der Waals surface area (Å²) < 4.78 is 5.17. The fourth-order valence-electron chi connectivity index (χ4n) is 2.06. The van der Waals surface area contributed by atoms with Crippen LogP contribution in [0.5, 0.6) is 5.75 Å². The monoisotopic (exact) mass is 294 g/mol. The number of hydrogen-bond donors (Lipinski definition) is 2. The number of aliphatic hydroxyl groups excluding tert-OH is 1. The van der Waals surface area contributed by atoms with Gasteiger partial charge in [0.1, 0.15) is 5.75 Å². The molecular weight excluding hydrogens is 268 g/mol. The first-order valence-electron chi connectivity index (χ1n) is 7.29. The second-order valence-electron chi connectivity index (χ2n) is 5.43. The Hall–Kier alpha value is -1.75. The van der Waals surface area contributed by atoms with Crippen LogP contribution >= 0.6 is 0 Å². The number of urea groups is 1. The van der Waals surface area contributed by atoms with Crippen LogP contribution in [0.2, 0.25) is 0 Å². The summed E-state index contributed by atoms with van der Waals surface area (Å²) >= 11 is 0. The van der Waals surface area contributed by atoms with Gasteiger partial charge < -0.3 is 20.1 Å². The Morgan fingerprint density at radius 2 is 2.10 bits per heavy atom. The van der Waals surface area contributed by atoms with Gasteiger partial charge in [0.25, 0.3) is 0 Å². The molecule has 118 valence electrons. The van der Waals surface area contributed by atoms with E-state index in [4.69, 9.17) is 4.74 Å². The van der Waals surface area contributed by atoms with Gasteiger partial charge in [-0.05, 0) is 44.9 Å². The summed E-state index contributed by atoms with van der Waals surface area (Å²) in [6.45, 7) is 6.44. The van der Waals surface area contributed by atoms with E-state index < -0.39 is 6.10 Å². The molecule has 0 spiro atoms. The minimum atomic E-state index is -0.531. The highest BCUT2D eigenvalue weighted by atomic mass is 16.5. The van der Waals surface area contributed by atoms with E-state index in [1.807, 2.05) is 38.1 Å². The molecule has 5 heteroatoms. The fraction of sp³-hybridized carbons (Fsp3) is 0.562. The summed E-state index contributed by atoms with van der Waals surface area (Å²) in [6.07, 6.45) is 0.209. The van der Waals surface area contributed by atoms with Crippen molar-refractivity contribution in [1.29, 1.82) is 0 Å². The van der Waals surface area contributed by atoms with Gasteiger partial charge in [0, 0.05) is 19.1 Å². The molecule has 0 fully saturated rings. The summed E-state index contributed by atoms with van der Waals surface area (Å²) in [6, 6.07) is 7.70. The summed E-state index contributed by atoms with van der Waals surface area (Å²) in [4.78, 5) is 13.7. The predicted octanol–water partition coefficient (Wildman–Crippen LogP) is 2.04. The summed E-state index contributed by atoms with van der Waals surface area (Å²) in [5.74, 6) is 0.816. The quantitative estimate of drug-likeness (QED) is 0.809. The first kappa shape index (κ1) is 17.3. The van der Waals surface area contributed by atoms with Gasteiger partial charge in [0.05, 0.1) is 13.2 Å². The highest BCUT2D eigenvalue weighted by Crippen LogP contribution is 2.12. The number of carbonyl (C=O) groups excluding carboxylic acids is 1. The molecule has 0 aromatic heterocycles. The number of methoxy groups -OCH3 is 1. The van der Waals surface area contributed by atoms with Gasteiger partial charge in [0.2, 0.25) is 0 Å². The largest absolute Gasteiger partial charge is 0.497 e. The van der Waals surface area contributed by atoms with E-state index in [-0.39, 0.29) is 12.1 Å². The Balaban J connectivity index is 2.47. The molecule has 1 aromatic rings. The molecule has 1 atom stereocenters. The summed E-state index contributed by atoms with van der Waals surface area (Å²) in [7, 11) is 1.64. The van der Waals surface area contributed by atoms with Crippen molar-refractivity contribution in [2.45, 2.75) is 39.3 Å². The van der Waals surface area contributed by atoms with Gasteiger partial charge >= 0.3 is 6.03 Å². The number of nitrogens with one attached hydrogen (secondary N) is 1. The smallest absolute Gasteiger partial charge is 0.317 e. The molecule has 1 rings (SSSR count). The zero-order valence-electron chi connectivity index (χ0n) is 13.3. The van der Waals surface area contributed by atoms with Crippen LogP contribution in [0.3, 0.4) is 0 Å². The molecule has 1 unspecified atom stereocenters. The van der Waals surface area contributed by atoms with E-state index >= 15 is 0 Å². The predicted molar refractivity (Wildman–Crippen MR) is 83.6 cm³/mol. The topological polar surface area (TPSA) is 61.8 Å². The first-order valence-corrected chi connectivity index (χ1v) is 7.29. The zero-order chi connectivity index (χ0) is 15.8. The highest BCUT2D eigenvalue weighted by Gasteiger charge is 2.17. The Kier molecular flexibility index (Phi) is 7.02. The molecule has 0 aliphatic carbocycles. The number of hydrogen-bond acceptors (Lipinski definition) is 3. The van der Waals surface area contributed by atoms with Gasteiger partial charge in [-0.15, -0.1) is 0 Å². The molecule has 0 radical (unpaired) electrons. The summed E-state index contributed by atoms with van der Waals surface area (Å²) in [5.41, 5.74) is 1.11. The second kappa shape index (κ2) is 8.52. The highest BCUT2D eigenvalue weighted by molar-refractivity contribution is 5.74. The molecule has 1 aromatic carbocycles. The van der Waals surface area contributed by atoms with Crippen molar-refractivity contribution < 1.29 is 14.6 Å². The number of aliphatic hydroxyl groups is 1. The molecule has 21 heavy (non-hydrogen) atoms.